The van der Waals surface area contributed by atoms with Crippen molar-refractivity contribution in [2.75, 3.05) is 6.61 Å². The van der Waals surface area contributed by atoms with Crippen LogP contribution in [-0.2, 0) is 9.53 Å². The standard InChI is InChI=1S/C16H30O4/c17-14-10-6-2-1-3-8-12-16(19)20-13-9-5-4-7-11-15(14)18/h14-15,17-18H,1-13H2/t14-,15-/m0/s1. The van der Waals surface area contributed by atoms with Crippen LogP contribution >= 0.6 is 0 Å². The molecular formula is C16H30O4. The molecule has 0 saturated carbocycles. The Labute approximate surface area is 122 Å². The lowest BCUT2D eigenvalue weighted by molar-refractivity contribution is -0.143. The lowest BCUT2D eigenvalue weighted by atomic mass is 10.00. The Morgan fingerprint density at radius 2 is 1.25 bits per heavy atom. The van der Waals surface area contributed by atoms with E-state index in [1.165, 1.54) is 0 Å². The molecule has 2 N–H and O–H groups in total. The largest absolute Gasteiger partial charge is 0.466 e. The smallest absolute Gasteiger partial charge is 0.305 e. The maximum absolute atomic E-state index is 11.4. The van der Waals surface area contributed by atoms with Gasteiger partial charge < -0.3 is 14.9 Å². The molecule has 0 aromatic heterocycles. The topological polar surface area (TPSA) is 66.8 Å². The van der Waals surface area contributed by atoms with Crippen molar-refractivity contribution in [2.45, 2.75) is 89.3 Å². The molecule has 2 atom stereocenters. The van der Waals surface area contributed by atoms with Gasteiger partial charge in [-0.15, -0.1) is 0 Å². The van der Waals surface area contributed by atoms with Gasteiger partial charge in [0.25, 0.3) is 0 Å². The Hall–Kier alpha value is -0.610. The molecule has 0 unspecified atom stereocenters. The van der Waals surface area contributed by atoms with Gasteiger partial charge >= 0.3 is 5.97 Å². The van der Waals surface area contributed by atoms with Crippen molar-refractivity contribution in [3.8, 4) is 0 Å². The highest BCUT2D eigenvalue weighted by molar-refractivity contribution is 5.69. The number of carbonyl (C=O) groups is 1. The average Bonchev–Trinajstić information content (AvgIpc) is 2.44. The normalized spacial score (nSPS) is 29.4. The molecule has 1 aliphatic rings. The molecule has 4 heteroatoms. The van der Waals surface area contributed by atoms with E-state index in [1.807, 2.05) is 0 Å². The molecule has 1 fully saturated rings. The van der Waals surface area contributed by atoms with E-state index in [1.54, 1.807) is 0 Å². The zero-order valence-corrected chi connectivity index (χ0v) is 12.6. The molecule has 0 spiro atoms. The number of aliphatic hydroxyl groups is 2. The first-order valence-electron chi connectivity index (χ1n) is 8.22. The van der Waals surface area contributed by atoms with E-state index in [-0.39, 0.29) is 5.97 Å². The summed E-state index contributed by atoms with van der Waals surface area (Å²) in [4.78, 5) is 11.4. The van der Waals surface area contributed by atoms with Crippen molar-refractivity contribution in [2.24, 2.45) is 0 Å². The molecule has 0 aliphatic carbocycles. The van der Waals surface area contributed by atoms with Crippen LogP contribution in [0.2, 0.25) is 0 Å². The molecule has 1 heterocycles. The van der Waals surface area contributed by atoms with E-state index in [9.17, 15) is 15.0 Å². The van der Waals surface area contributed by atoms with Gasteiger partial charge in [-0.25, -0.2) is 0 Å². The molecule has 0 bridgehead atoms. The predicted octanol–water partition coefficient (Wildman–Crippen LogP) is 2.95. The van der Waals surface area contributed by atoms with Crippen molar-refractivity contribution in [1.82, 2.24) is 0 Å². The van der Waals surface area contributed by atoms with Crippen molar-refractivity contribution >= 4 is 5.97 Å². The fraction of sp³-hybridized carbons (Fsp3) is 0.938. The summed E-state index contributed by atoms with van der Waals surface area (Å²) in [6, 6.07) is 0. The summed E-state index contributed by atoms with van der Waals surface area (Å²) in [5, 5.41) is 19.7. The Kier molecular flexibility index (Phi) is 9.67. The van der Waals surface area contributed by atoms with E-state index in [0.29, 0.717) is 25.9 Å². The Balaban J connectivity index is 2.27. The molecule has 0 aromatic carbocycles. The van der Waals surface area contributed by atoms with E-state index in [4.69, 9.17) is 4.74 Å². The summed E-state index contributed by atoms with van der Waals surface area (Å²) in [7, 11) is 0. The van der Waals surface area contributed by atoms with Gasteiger partial charge in [0.2, 0.25) is 0 Å². The first-order chi connectivity index (χ1) is 9.70. The third-order valence-corrected chi connectivity index (χ3v) is 3.98. The van der Waals surface area contributed by atoms with Crippen molar-refractivity contribution < 1.29 is 19.7 Å². The van der Waals surface area contributed by atoms with Crippen LogP contribution in [0.15, 0.2) is 0 Å². The highest BCUT2D eigenvalue weighted by atomic mass is 16.5. The van der Waals surface area contributed by atoms with Gasteiger partial charge in [0.1, 0.15) is 0 Å². The molecule has 4 nitrogen and oxygen atoms in total. The van der Waals surface area contributed by atoms with Crippen LogP contribution in [0.5, 0.6) is 0 Å². The van der Waals surface area contributed by atoms with Gasteiger partial charge in [-0.05, 0) is 25.7 Å². The lowest BCUT2D eigenvalue weighted by Crippen LogP contribution is -2.25. The number of carbonyl (C=O) groups excluding carboxylic acids is 1. The van der Waals surface area contributed by atoms with Gasteiger partial charge in [-0.3, -0.25) is 4.79 Å². The van der Waals surface area contributed by atoms with Crippen LogP contribution in [0.3, 0.4) is 0 Å². The molecule has 118 valence electrons. The Bertz CT molecular complexity index is 231. The second-order valence-corrected chi connectivity index (χ2v) is 5.86. The lowest BCUT2D eigenvalue weighted by Gasteiger charge is -2.17. The minimum Gasteiger partial charge on any atom is -0.466 e. The van der Waals surface area contributed by atoms with Crippen LogP contribution in [0.4, 0.5) is 0 Å². The fourth-order valence-corrected chi connectivity index (χ4v) is 2.61. The molecule has 1 saturated heterocycles. The third-order valence-electron chi connectivity index (χ3n) is 3.98. The maximum atomic E-state index is 11.4. The molecule has 0 amide bonds. The average molecular weight is 286 g/mol. The van der Waals surface area contributed by atoms with Crippen LogP contribution in [0.25, 0.3) is 0 Å². The second kappa shape index (κ2) is 11.1. The SMILES string of the molecule is O=C1CCCCCCC[C@H](O)[C@@H](O)CCCCCCO1. The summed E-state index contributed by atoms with van der Waals surface area (Å²) >= 11 is 0. The van der Waals surface area contributed by atoms with Crippen LogP contribution in [0, 0.1) is 0 Å². The summed E-state index contributed by atoms with van der Waals surface area (Å²) in [6.07, 6.45) is 9.58. The van der Waals surface area contributed by atoms with Gasteiger partial charge in [-0.1, -0.05) is 44.9 Å². The van der Waals surface area contributed by atoms with E-state index < -0.39 is 12.2 Å². The highest BCUT2D eigenvalue weighted by Crippen LogP contribution is 2.15. The van der Waals surface area contributed by atoms with Crippen molar-refractivity contribution in [3.05, 3.63) is 0 Å². The van der Waals surface area contributed by atoms with Crippen LogP contribution < -0.4 is 0 Å². The number of rotatable bonds is 0. The Morgan fingerprint density at radius 3 is 1.90 bits per heavy atom. The predicted molar refractivity (Wildman–Crippen MR) is 78.4 cm³/mol. The second-order valence-electron chi connectivity index (χ2n) is 5.86. The number of aliphatic hydroxyl groups excluding tert-OH is 2. The van der Waals surface area contributed by atoms with Gasteiger partial charge in [0.15, 0.2) is 0 Å². The summed E-state index contributed by atoms with van der Waals surface area (Å²) in [6.45, 7) is 0.518. The third kappa shape index (κ3) is 8.54. The fourth-order valence-electron chi connectivity index (χ4n) is 2.61. The summed E-state index contributed by atoms with van der Waals surface area (Å²) in [5.74, 6) is -0.0693. The number of hydrogen-bond donors (Lipinski definition) is 2. The minimum absolute atomic E-state index is 0.0693. The van der Waals surface area contributed by atoms with Crippen LogP contribution in [0.1, 0.15) is 77.0 Å². The quantitative estimate of drug-likeness (QED) is 0.672. The minimum atomic E-state index is -0.580. The zero-order chi connectivity index (χ0) is 14.6. The van der Waals surface area contributed by atoms with E-state index >= 15 is 0 Å². The summed E-state index contributed by atoms with van der Waals surface area (Å²) in [5.41, 5.74) is 0. The number of esters is 1. The van der Waals surface area contributed by atoms with Gasteiger partial charge in [-0.2, -0.15) is 0 Å². The monoisotopic (exact) mass is 286 g/mol. The van der Waals surface area contributed by atoms with Gasteiger partial charge in [0, 0.05) is 6.42 Å². The Morgan fingerprint density at radius 1 is 0.750 bits per heavy atom. The van der Waals surface area contributed by atoms with Crippen LogP contribution in [-0.4, -0.2) is 35.0 Å². The molecule has 20 heavy (non-hydrogen) atoms. The zero-order valence-electron chi connectivity index (χ0n) is 12.6. The first-order valence-corrected chi connectivity index (χ1v) is 8.22. The van der Waals surface area contributed by atoms with Crippen molar-refractivity contribution in [3.63, 3.8) is 0 Å². The molecule has 1 aliphatic heterocycles. The molecule has 0 radical (unpaired) electrons. The number of ether oxygens (including phenoxy) is 1. The van der Waals surface area contributed by atoms with Crippen molar-refractivity contribution in [1.29, 1.82) is 0 Å². The van der Waals surface area contributed by atoms with Gasteiger partial charge in [0.05, 0.1) is 18.8 Å². The summed E-state index contributed by atoms with van der Waals surface area (Å²) < 4.78 is 5.18. The highest BCUT2D eigenvalue weighted by Gasteiger charge is 2.15. The molecule has 0 aromatic rings. The molecule has 1 rings (SSSR count). The first kappa shape index (κ1) is 17.4. The number of hydrogen-bond acceptors (Lipinski definition) is 4. The van der Waals surface area contributed by atoms with E-state index in [2.05, 4.69) is 0 Å². The number of cyclic esters (lactones) is 1. The maximum Gasteiger partial charge on any atom is 0.305 e. The molecular weight excluding hydrogens is 256 g/mol. The van der Waals surface area contributed by atoms with E-state index in [0.717, 1.165) is 57.8 Å².